The van der Waals surface area contributed by atoms with Crippen molar-refractivity contribution in [3.8, 4) is 0 Å². The van der Waals surface area contributed by atoms with Crippen molar-refractivity contribution in [1.29, 1.82) is 0 Å². The van der Waals surface area contributed by atoms with Gasteiger partial charge in [0, 0.05) is 13.0 Å². The number of hydrogen-bond donors (Lipinski definition) is 2. The molecule has 4 heteroatoms. The third kappa shape index (κ3) is 6.71. The first-order valence-electron chi connectivity index (χ1n) is 5.07. The highest BCUT2D eigenvalue weighted by Crippen LogP contribution is 2.10. The van der Waals surface area contributed by atoms with Crippen molar-refractivity contribution in [2.24, 2.45) is 11.8 Å². The molecule has 0 spiro atoms. The van der Waals surface area contributed by atoms with Crippen LogP contribution in [0, 0.1) is 11.8 Å². The predicted molar refractivity (Wildman–Crippen MR) is 58.4 cm³/mol. The summed E-state index contributed by atoms with van der Waals surface area (Å²) in [4.78, 5) is 21.9. The molecule has 0 aromatic carbocycles. The Balaban J connectivity index is 4.01. The number of carboxylic acids is 1. The van der Waals surface area contributed by atoms with Crippen LogP contribution in [0.1, 0.15) is 26.7 Å². The molecule has 1 amide bonds. The van der Waals surface area contributed by atoms with Crippen LogP contribution in [0.5, 0.6) is 0 Å². The molecule has 0 fully saturated rings. The molecule has 1 unspecified atom stereocenters. The van der Waals surface area contributed by atoms with Gasteiger partial charge < -0.3 is 10.4 Å². The summed E-state index contributed by atoms with van der Waals surface area (Å²) in [5, 5.41) is 11.5. The first-order valence-corrected chi connectivity index (χ1v) is 5.07. The van der Waals surface area contributed by atoms with Crippen molar-refractivity contribution in [3.05, 3.63) is 12.7 Å². The van der Waals surface area contributed by atoms with E-state index in [0.29, 0.717) is 12.3 Å². The van der Waals surface area contributed by atoms with E-state index in [1.165, 1.54) is 6.08 Å². The summed E-state index contributed by atoms with van der Waals surface area (Å²) < 4.78 is 0. The van der Waals surface area contributed by atoms with Crippen LogP contribution in [0.3, 0.4) is 0 Å². The topological polar surface area (TPSA) is 66.4 Å². The van der Waals surface area contributed by atoms with E-state index in [1.807, 2.05) is 13.8 Å². The summed E-state index contributed by atoms with van der Waals surface area (Å²) in [5.41, 5.74) is 0. The quantitative estimate of drug-likeness (QED) is 0.629. The Bertz CT molecular complexity index is 236. The molecule has 0 saturated carbocycles. The molecule has 0 aromatic heterocycles. The fourth-order valence-corrected chi connectivity index (χ4v) is 1.28. The summed E-state index contributed by atoms with van der Waals surface area (Å²) in [6.07, 6.45) is 2.30. The predicted octanol–water partition coefficient (Wildman–Crippen LogP) is 1.43. The van der Waals surface area contributed by atoms with Crippen molar-refractivity contribution in [2.75, 3.05) is 6.54 Å². The summed E-state index contributed by atoms with van der Waals surface area (Å²) in [6, 6.07) is 0. The van der Waals surface area contributed by atoms with Gasteiger partial charge in [-0.15, -0.1) is 6.58 Å². The molecule has 0 heterocycles. The van der Waals surface area contributed by atoms with Crippen LogP contribution >= 0.6 is 0 Å². The third-order valence-corrected chi connectivity index (χ3v) is 1.98. The number of rotatable bonds is 7. The maximum atomic E-state index is 11.1. The van der Waals surface area contributed by atoms with Crippen LogP contribution in [0.25, 0.3) is 0 Å². The number of carbonyl (C=O) groups is 2. The van der Waals surface area contributed by atoms with Gasteiger partial charge in [-0.2, -0.15) is 0 Å². The molecular formula is C11H19NO3. The van der Waals surface area contributed by atoms with Crippen LogP contribution in [-0.2, 0) is 9.59 Å². The highest BCUT2D eigenvalue weighted by molar-refractivity contribution is 5.78. The smallest absolute Gasteiger partial charge is 0.308 e. The average Bonchev–Trinajstić information content (AvgIpc) is 2.11. The van der Waals surface area contributed by atoms with Crippen molar-refractivity contribution in [2.45, 2.75) is 26.7 Å². The zero-order chi connectivity index (χ0) is 11.8. The minimum Gasteiger partial charge on any atom is -0.481 e. The second kappa shape index (κ2) is 7.04. The minimum absolute atomic E-state index is 0.181. The number of carbonyl (C=O) groups excluding carboxylic acids is 1. The molecule has 1 atom stereocenters. The van der Waals surface area contributed by atoms with Gasteiger partial charge in [0.05, 0.1) is 5.92 Å². The molecule has 2 N–H and O–H groups in total. The van der Waals surface area contributed by atoms with Gasteiger partial charge in [0.15, 0.2) is 0 Å². The van der Waals surface area contributed by atoms with Gasteiger partial charge in [-0.25, -0.2) is 0 Å². The Labute approximate surface area is 90.4 Å². The SMILES string of the molecule is C=CCC(=O)NCC(CC(C)C)C(=O)O. The van der Waals surface area contributed by atoms with Crippen LogP contribution in [0.2, 0.25) is 0 Å². The molecule has 0 aromatic rings. The van der Waals surface area contributed by atoms with Gasteiger partial charge in [-0.1, -0.05) is 19.9 Å². The molecule has 0 saturated heterocycles. The molecule has 0 bridgehead atoms. The number of amides is 1. The molecule has 0 rings (SSSR count). The summed E-state index contributed by atoms with van der Waals surface area (Å²) in [6.45, 7) is 7.55. The fourth-order valence-electron chi connectivity index (χ4n) is 1.28. The van der Waals surface area contributed by atoms with E-state index in [9.17, 15) is 9.59 Å². The van der Waals surface area contributed by atoms with Gasteiger partial charge in [0.2, 0.25) is 5.91 Å². The Hall–Kier alpha value is -1.32. The van der Waals surface area contributed by atoms with Gasteiger partial charge >= 0.3 is 5.97 Å². The second-order valence-electron chi connectivity index (χ2n) is 3.96. The lowest BCUT2D eigenvalue weighted by Gasteiger charge is -2.14. The van der Waals surface area contributed by atoms with Crippen LogP contribution in [-0.4, -0.2) is 23.5 Å². The molecule has 86 valence electrons. The highest BCUT2D eigenvalue weighted by Gasteiger charge is 2.19. The third-order valence-electron chi connectivity index (χ3n) is 1.98. The van der Waals surface area contributed by atoms with E-state index in [2.05, 4.69) is 11.9 Å². The van der Waals surface area contributed by atoms with E-state index >= 15 is 0 Å². The molecule has 0 aliphatic carbocycles. The number of nitrogens with one attached hydrogen (secondary N) is 1. The number of aliphatic carboxylic acids is 1. The Kier molecular flexibility index (Phi) is 6.42. The van der Waals surface area contributed by atoms with Gasteiger partial charge in [0.25, 0.3) is 0 Å². The van der Waals surface area contributed by atoms with Gasteiger partial charge in [0.1, 0.15) is 0 Å². The maximum Gasteiger partial charge on any atom is 0.308 e. The molecule has 0 aliphatic rings. The maximum absolute atomic E-state index is 11.1. The lowest BCUT2D eigenvalue weighted by molar-refractivity contribution is -0.142. The lowest BCUT2D eigenvalue weighted by atomic mass is 9.97. The van der Waals surface area contributed by atoms with Crippen LogP contribution in [0.15, 0.2) is 12.7 Å². The van der Waals surface area contributed by atoms with E-state index in [4.69, 9.17) is 5.11 Å². The monoisotopic (exact) mass is 213 g/mol. The van der Waals surface area contributed by atoms with Crippen molar-refractivity contribution in [1.82, 2.24) is 5.32 Å². The largest absolute Gasteiger partial charge is 0.481 e. The Morgan fingerprint density at radius 1 is 1.47 bits per heavy atom. The average molecular weight is 213 g/mol. The zero-order valence-corrected chi connectivity index (χ0v) is 9.32. The van der Waals surface area contributed by atoms with Crippen LogP contribution in [0.4, 0.5) is 0 Å². The number of hydrogen-bond acceptors (Lipinski definition) is 2. The highest BCUT2D eigenvalue weighted by atomic mass is 16.4. The first-order chi connectivity index (χ1) is 6.97. The van der Waals surface area contributed by atoms with E-state index < -0.39 is 11.9 Å². The Morgan fingerprint density at radius 2 is 2.07 bits per heavy atom. The molecule has 0 aliphatic heterocycles. The van der Waals surface area contributed by atoms with Crippen LogP contribution < -0.4 is 5.32 Å². The minimum atomic E-state index is -0.859. The summed E-state index contributed by atoms with van der Waals surface area (Å²) in [5.74, 6) is -1.23. The summed E-state index contributed by atoms with van der Waals surface area (Å²) >= 11 is 0. The van der Waals surface area contributed by atoms with E-state index in [1.54, 1.807) is 0 Å². The lowest BCUT2D eigenvalue weighted by Crippen LogP contribution is -2.33. The molecular weight excluding hydrogens is 194 g/mol. The second-order valence-corrected chi connectivity index (χ2v) is 3.96. The summed E-state index contributed by atoms with van der Waals surface area (Å²) in [7, 11) is 0. The van der Waals surface area contributed by atoms with Crippen molar-refractivity contribution < 1.29 is 14.7 Å². The molecule has 15 heavy (non-hydrogen) atoms. The Morgan fingerprint density at radius 3 is 2.47 bits per heavy atom. The molecule has 0 radical (unpaired) electrons. The van der Waals surface area contributed by atoms with Gasteiger partial charge in [-0.3, -0.25) is 9.59 Å². The normalized spacial score (nSPS) is 12.2. The standard InChI is InChI=1S/C11H19NO3/c1-4-5-10(13)12-7-9(11(14)15)6-8(2)3/h4,8-9H,1,5-7H2,2-3H3,(H,12,13)(H,14,15). The molecule has 4 nitrogen and oxygen atoms in total. The fraction of sp³-hybridized carbons (Fsp3) is 0.636. The van der Waals surface area contributed by atoms with E-state index in [-0.39, 0.29) is 18.9 Å². The first kappa shape index (κ1) is 13.7. The van der Waals surface area contributed by atoms with E-state index in [0.717, 1.165) is 0 Å². The zero-order valence-electron chi connectivity index (χ0n) is 9.32. The van der Waals surface area contributed by atoms with Crippen molar-refractivity contribution in [3.63, 3.8) is 0 Å². The number of carboxylic acid groups (broad SMARTS) is 1. The van der Waals surface area contributed by atoms with Crippen molar-refractivity contribution >= 4 is 11.9 Å². The van der Waals surface area contributed by atoms with Gasteiger partial charge in [-0.05, 0) is 12.3 Å².